The van der Waals surface area contributed by atoms with Gasteiger partial charge in [-0.2, -0.15) is 0 Å². The van der Waals surface area contributed by atoms with Gasteiger partial charge in [-0.05, 0) is 100 Å². The first kappa shape index (κ1) is 22.1. The van der Waals surface area contributed by atoms with Gasteiger partial charge in [-0.3, -0.25) is 9.69 Å². The third kappa shape index (κ3) is 7.63. The maximum absolute atomic E-state index is 11.6. The molecule has 2 aliphatic rings. The number of unbranched alkanes of at least 4 members (excludes halogenated alkanes) is 2. The number of amides is 1. The van der Waals surface area contributed by atoms with Crippen LogP contribution in [-0.4, -0.2) is 57.2 Å². The molecule has 1 fully saturated rings. The summed E-state index contributed by atoms with van der Waals surface area (Å²) >= 11 is 0. The van der Waals surface area contributed by atoms with E-state index in [1.807, 2.05) is 0 Å². The lowest BCUT2D eigenvalue weighted by atomic mass is 9.81. The van der Waals surface area contributed by atoms with Crippen LogP contribution >= 0.6 is 0 Å². The van der Waals surface area contributed by atoms with E-state index in [4.69, 9.17) is 4.74 Å². The number of carbonyl (C=O) groups is 1. The summed E-state index contributed by atoms with van der Waals surface area (Å²) in [7, 11) is 1.75. The van der Waals surface area contributed by atoms with E-state index in [9.17, 15) is 4.79 Å². The third-order valence-electron chi connectivity index (χ3n) is 6.38. The molecule has 5 nitrogen and oxygen atoms in total. The van der Waals surface area contributed by atoms with Crippen molar-refractivity contribution in [2.45, 2.75) is 57.8 Å². The molecule has 1 aromatic rings. The predicted molar refractivity (Wildman–Crippen MR) is 119 cm³/mol. The molecule has 2 N–H and O–H groups in total. The number of benzene rings is 1. The van der Waals surface area contributed by atoms with E-state index in [1.165, 1.54) is 62.5 Å². The van der Waals surface area contributed by atoms with E-state index in [-0.39, 0.29) is 5.91 Å². The molecule has 5 heteroatoms. The number of hydrogen-bond donors (Lipinski definition) is 2. The lowest BCUT2D eigenvalue weighted by Crippen LogP contribution is -2.33. The smallest absolute Gasteiger partial charge is 0.234 e. The van der Waals surface area contributed by atoms with Crippen molar-refractivity contribution in [3.8, 4) is 5.75 Å². The average molecular weight is 402 g/mol. The van der Waals surface area contributed by atoms with Gasteiger partial charge < -0.3 is 15.4 Å². The zero-order chi connectivity index (χ0) is 20.3. The largest absolute Gasteiger partial charge is 0.497 e. The standard InChI is InChI=1S/C24H39N3O2/c1-29-23-11-10-21-9-8-20(17-22(21)18-23)7-5-13-25-12-3-2-4-15-27-16-6-14-26-24(28)19-27/h10-11,18,20,25H,2-9,12-17,19H2,1H3,(H,26,28). The van der Waals surface area contributed by atoms with Crippen molar-refractivity contribution in [3.05, 3.63) is 29.3 Å². The van der Waals surface area contributed by atoms with Gasteiger partial charge in [-0.15, -0.1) is 0 Å². The van der Waals surface area contributed by atoms with Gasteiger partial charge in [-0.25, -0.2) is 0 Å². The summed E-state index contributed by atoms with van der Waals surface area (Å²) in [6.07, 6.45) is 11.1. The fourth-order valence-electron chi connectivity index (χ4n) is 4.64. The van der Waals surface area contributed by atoms with E-state index in [0.717, 1.165) is 50.8 Å². The number of ether oxygens (including phenoxy) is 1. The Morgan fingerprint density at radius 2 is 2.07 bits per heavy atom. The van der Waals surface area contributed by atoms with E-state index >= 15 is 0 Å². The monoisotopic (exact) mass is 401 g/mol. The van der Waals surface area contributed by atoms with Gasteiger partial charge in [-0.1, -0.05) is 12.5 Å². The first-order valence-corrected chi connectivity index (χ1v) is 11.6. The summed E-state index contributed by atoms with van der Waals surface area (Å²) in [6, 6.07) is 6.57. The molecule has 1 atom stereocenters. The van der Waals surface area contributed by atoms with Gasteiger partial charge in [0.05, 0.1) is 13.7 Å². The van der Waals surface area contributed by atoms with Gasteiger partial charge in [0.1, 0.15) is 5.75 Å². The summed E-state index contributed by atoms with van der Waals surface area (Å²) in [6.45, 7) is 5.77. The van der Waals surface area contributed by atoms with Crippen molar-refractivity contribution in [1.82, 2.24) is 15.5 Å². The lowest BCUT2D eigenvalue weighted by Gasteiger charge is -2.25. The summed E-state index contributed by atoms with van der Waals surface area (Å²) in [4.78, 5) is 13.9. The molecule has 162 valence electrons. The highest BCUT2D eigenvalue weighted by Crippen LogP contribution is 2.30. The quantitative estimate of drug-likeness (QED) is 0.559. The molecule has 1 saturated heterocycles. The zero-order valence-corrected chi connectivity index (χ0v) is 18.2. The van der Waals surface area contributed by atoms with E-state index in [0.29, 0.717) is 6.54 Å². The van der Waals surface area contributed by atoms with Gasteiger partial charge in [0.15, 0.2) is 0 Å². The highest BCUT2D eigenvalue weighted by Gasteiger charge is 2.18. The maximum atomic E-state index is 11.6. The molecule has 0 bridgehead atoms. The second-order valence-electron chi connectivity index (χ2n) is 8.68. The summed E-state index contributed by atoms with van der Waals surface area (Å²) in [5.74, 6) is 2.00. The van der Waals surface area contributed by atoms with E-state index in [1.54, 1.807) is 7.11 Å². The molecular weight excluding hydrogens is 362 g/mol. The van der Waals surface area contributed by atoms with Crippen molar-refractivity contribution in [2.24, 2.45) is 5.92 Å². The minimum absolute atomic E-state index is 0.185. The van der Waals surface area contributed by atoms with Crippen LogP contribution in [0.3, 0.4) is 0 Å². The second kappa shape index (κ2) is 12.2. The van der Waals surface area contributed by atoms with Crippen LogP contribution in [0, 0.1) is 5.92 Å². The molecule has 0 spiro atoms. The normalized spacial score (nSPS) is 20.0. The number of carbonyl (C=O) groups excluding carboxylic acids is 1. The summed E-state index contributed by atoms with van der Waals surface area (Å²) in [5, 5.41) is 6.56. The first-order valence-electron chi connectivity index (χ1n) is 11.6. The number of nitrogens with zero attached hydrogens (tertiary/aromatic N) is 1. The molecule has 1 unspecified atom stereocenters. The Labute approximate surface area is 176 Å². The van der Waals surface area contributed by atoms with Crippen LogP contribution in [-0.2, 0) is 17.6 Å². The van der Waals surface area contributed by atoms with Crippen molar-refractivity contribution >= 4 is 5.91 Å². The molecule has 29 heavy (non-hydrogen) atoms. The Kier molecular flexibility index (Phi) is 9.29. The average Bonchev–Trinajstić information content (AvgIpc) is 2.95. The number of fused-ring (bicyclic) bond motifs is 1. The topological polar surface area (TPSA) is 53.6 Å². The lowest BCUT2D eigenvalue weighted by molar-refractivity contribution is -0.121. The molecule has 0 radical (unpaired) electrons. The predicted octanol–water partition coefficient (Wildman–Crippen LogP) is 3.16. The molecule has 0 aromatic heterocycles. The maximum Gasteiger partial charge on any atom is 0.234 e. The highest BCUT2D eigenvalue weighted by molar-refractivity contribution is 5.78. The van der Waals surface area contributed by atoms with E-state index < -0.39 is 0 Å². The molecule has 1 aliphatic heterocycles. The van der Waals surface area contributed by atoms with Crippen LogP contribution in [0.4, 0.5) is 0 Å². The Bertz CT molecular complexity index is 635. The second-order valence-corrected chi connectivity index (χ2v) is 8.68. The van der Waals surface area contributed by atoms with Gasteiger partial charge in [0, 0.05) is 13.1 Å². The Morgan fingerprint density at radius 3 is 2.97 bits per heavy atom. The van der Waals surface area contributed by atoms with Gasteiger partial charge in [0.2, 0.25) is 5.91 Å². The van der Waals surface area contributed by atoms with Crippen LogP contribution in [0.25, 0.3) is 0 Å². The highest BCUT2D eigenvalue weighted by atomic mass is 16.5. The number of hydrogen-bond acceptors (Lipinski definition) is 4. The molecule has 1 amide bonds. The first-order chi connectivity index (χ1) is 14.2. The molecule has 1 aliphatic carbocycles. The molecule has 0 saturated carbocycles. The number of methoxy groups -OCH3 is 1. The van der Waals surface area contributed by atoms with Crippen molar-refractivity contribution in [2.75, 3.05) is 46.4 Å². The number of aryl methyl sites for hydroxylation is 1. The Morgan fingerprint density at radius 1 is 1.17 bits per heavy atom. The fraction of sp³-hybridized carbons (Fsp3) is 0.708. The summed E-state index contributed by atoms with van der Waals surface area (Å²) < 4.78 is 5.38. The number of nitrogens with one attached hydrogen (secondary N) is 2. The van der Waals surface area contributed by atoms with Crippen LogP contribution in [0.5, 0.6) is 5.75 Å². The van der Waals surface area contributed by atoms with Gasteiger partial charge >= 0.3 is 0 Å². The fourth-order valence-corrected chi connectivity index (χ4v) is 4.64. The summed E-state index contributed by atoms with van der Waals surface area (Å²) in [5.41, 5.74) is 3.01. The SMILES string of the molecule is COc1ccc2c(c1)CC(CCCNCCCCCN1CCCNC(=O)C1)CC2. The Hall–Kier alpha value is -1.59. The van der Waals surface area contributed by atoms with Crippen LogP contribution in [0.1, 0.15) is 56.1 Å². The minimum Gasteiger partial charge on any atom is -0.497 e. The minimum atomic E-state index is 0.185. The van der Waals surface area contributed by atoms with Crippen molar-refractivity contribution < 1.29 is 9.53 Å². The third-order valence-corrected chi connectivity index (χ3v) is 6.38. The van der Waals surface area contributed by atoms with Crippen LogP contribution < -0.4 is 15.4 Å². The molecule has 3 rings (SSSR count). The van der Waals surface area contributed by atoms with Crippen LogP contribution in [0.2, 0.25) is 0 Å². The number of rotatable bonds is 11. The molecular formula is C24H39N3O2. The molecule has 1 heterocycles. The van der Waals surface area contributed by atoms with E-state index in [2.05, 4.69) is 33.7 Å². The van der Waals surface area contributed by atoms with Crippen molar-refractivity contribution in [3.63, 3.8) is 0 Å². The van der Waals surface area contributed by atoms with Gasteiger partial charge in [0.25, 0.3) is 0 Å². The van der Waals surface area contributed by atoms with Crippen molar-refractivity contribution in [1.29, 1.82) is 0 Å². The zero-order valence-electron chi connectivity index (χ0n) is 18.2. The Balaban J connectivity index is 1.19. The molecule has 1 aromatic carbocycles. The van der Waals surface area contributed by atoms with Crippen LogP contribution in [0.15, 0.2) is 18.2 Å².